The summed E-state index contributed by atoms with van der Waals surface area (Å²) in [7, 11) is 0. The number of halogens is 1. The fourth-order valence-electron chi connectivity index (χ4n) is 2.35. The van der Waals surface area contributed by atoms with Gasteiger partial charge in [-0.15, -0.1) is 0 Å². The Bertz CT molecular complexity index is 1080. The number of hydrogen-bond acceptors (Lipinski definition) is 6. The monoisotopic (exact) mass is 454 g/mol. The third-order valence-corrected chi connectivity index (χ3v) is 4.48. The molecule has 0 fully saturated rings. The molecule has 0 radical (unpaired) electrons. The van der Waals surface area contributed by atoms with Gasteiger partial charge in [-0.1, -0.05) is 12.1 Å². The van der Waals surface area contributed by atoms with Gasteiger partial charge in [-0.3, -0.25) is 4.79 Å². The van der Waals surface area contributed by atoms with Crippen LogP contribution in [0.2, 0.25) is 0 Å². The first-order valence-corrected chi connectivity index (χ1v) is 9.15. The highest BCUT2D eigenvalue weighted by molar-refractivity contribution is 9.10. The van der Waals surface area contributed by atoms with E-state index in [4.69, 9.17) is 4.74 Å². The molecule has 146 valence electrons. The molecule has 3 N–H and O–H groups in total. The van der Waals surface area contributed by atoms with E-state index in [2.05, 4.69) is 26.5 Å². The molecule has 0 atom stereocenters. The lowest BCUT2D eigenvalue weighted by Gasteiger charge is -2.06. The molecule has 0 saturated carbocycles. The van der Waals surface area contributed by atoms with Crippen molar-refractivity contribution in [2.24, 2.45) is 5.10 Å². The molecule has 0 bridgehead atoms. The van der Waals surface area contributed by atoms with Crippen LogP contribution in [0.5, 0.6) is 17.2 Å². The molecule has 0 unspecified atom stereocenters. The van der Waals surface area contributed by atoms with Gasteiger partial charge in [0.2, 0.25) is 0 Å². The Hall–Kier alpha value is -3.65. The van der Waals surface area contributed by atoms with E-state index in [0.29, 0.717) is 21.3 Å². The zero-order chi connectivity index (χ0) is 20.8. The van der Waals surface area contributed by atoms with Gasteiger partial charge >= 0.3 is 5.97 Å². The van der Waals surface area contributed by atoms with E-state index < -0.39 is 11.9 Å². The van der Waals surface area contributed by atoms with E-state index in [1.807, 2.05) is 0 Å². The number of rotatable bonds is 5. The van der Waals surface area contributed by atoms with Crippen LogP contribution in [-0.2, 0) is 0 Å². The summed E-state index contributed by atoms with van der Waals surface area (Å²) in [5.74, 6) is -1.25. The predicted octanol–water partition coefficient (Wildman–Crippen LogP) is 3.84. The Morgan fingerprint density at radius 1 is 0.966 bits per heavy atom. The number of ether oxygens (including phenoxy) is 1. The summed E-state index contributed by atoms with van der Waals surface area (Å²) in [6.07, 6.45) is 1.40. The fraction of sp³-hybridized carbons (Fsp3) is 0. The van der Waals surface area contributed by atoms with Crippen molar-refractivity contribution in [1.29, 1.82) is 0 Å². The predicted molar refractivity (Wildman–Crippen MR) is 110 cm³/mol. The number of benzene rings is 3. The van der Waals surface area contributed by atoms with E-state index >= 15 is 0 Å². The molecule has 1 amide bonds. The minimum absolute atomic E-state index is 0.0192. The summed E-state index contributed by atoms with van der Waals surface area (Å²) in [5, 5.41) is 22.7. The molecule has 8 heteroatoms. The number of carbonyl (C=O) groups is 2. The van der Waals surface area contributed by atoms with Gasteiger partial charge < -0.3 is 14.9 Å². The number of esters is 1. The summed E-state index contributed by atoms with van der Waals surface area (Å²) >= 11 is 3.31. The number of hydrazone groups is 1. The molecule has 0 aliphatic heterocycles. The van der Waals surface area contributed by atoms with Crippen LogP contribution >= 0.6 is 15.9 Å². The van der Waals surface area contributed by atoms with Crippen LogP contribution in [0.3, 0.4) is 0 Å². The van der Waals surface area contributed by atoms with Crippen molar-refractivity contribution in [3.05, 3.63) is 87.9 Å². The van der Waals surface area contributed by atoms with Crippen LogP contribution in [-0.4, -0.2) is 28.3 Å². The average molecular weight is 455 g/mol. The van der Waals surface area contributed by atoms with E-state index in [9.17, 15) is 19.8 Å². The van der Waals surface area contributed by atoms with Gasteiger partial charge in [-0.05, 0) is 70.0 Å². The number of amides is 1. The van der Waals surface area contributed by atoms with E-state index in [1.165, 1.54) is 18.3 Å². The van der Waals surface area contributed by atoms with Gasteiger partial charge in [0.1, 0.15) is 17.2 Å². The van der Waals surface area contributed by atoms with Gasteiger partial charge in [0.05, 0.1) is 17.3 Å². The lowest BCUT2D eigenvalue weighted by Crippen LogP contribution is -2.17. The second-order valence-electron chi connectivity index (χ2n) is 5.84. The lowest BCUT2D eigenvalue weighted by molar-refractivity contribution is 0.0733. The Morgan fingerprint density at radius 3 is 2.38 bits per heavy atom. The summed E-state index contributed by atoms with van der Waals surface area (Å²) in [6.45, 7) is 0. The quantitative estimate of drug-likeness (QED) is 0.235. The maximum absolute atomic E-state index is 12.2. The third-order valence-electron chi connectivity index (χ3n) is 3.79. The van der Waals surface area contributed by atoms with E-state index in [0.717, 1.165) is 6.07 Å². The molecular formula is C21H15BrN2O5. The maximum Gasteiger partial charge on any atom is 0.344 e. The summed E-state index contributed by atoms with van der Waals surface area (Å²) in [4.78, 5) is 24.2. The van der Waals surface area contributed by atoms with Crippen LogP contribution in [0.25, 0.3) is 0 Å². The van der Waals surface area contributed by atoms with Crippen molar-refractivity contribution < 1.29 is 24.5 Å². The highest BCUT2D eigenvalue weighted by atomic mass is 79.9. The van der Waals surface area contributed by atoms with Gasteiger partial charge in [-0.2, -0.15) is 5.10 Å². The second-order valence-corrected chi connectivity index (χ2v) is 6.69. The molecule has 7 nitrogen and oxygen atoms in total. The van der Waals surface area contributed by atoms with Crippen molar-refractivity contribution in [3.8, 4) is 17.2 Å². The molecule has 3 rings (SSSR count). The van der Waals surface area contributed by atoms with Crippen LogP contribution < -0.4 is 10.2 Å². The van der Waals surface area contributed by atoms with E-state index in [-0.39, 0.29) is 17.1 Å². The normalized spacial score (nSPS) is 10.7. The minimum atomic E-state index is -0.627. The summed E-state index contributed by atoms with van der Waals surface area (Å²) < 4.78 is 5.97. The third kappa shape index (κ3) is 5.20. The van der Waals surface area contributed by atoms with Crippen molar-refractivity contribution in [2.45, 2.75) is 0 Å². The Labute approximate surface area is 174 Å². The second kappa shape index (κ2) is 9.03. The van der Waals surface area contributed by atoms with Crippen LogP contribution in [0, 0.1) is 0 Å². The number of carbonyl (C=O) groups excluding carboxylic acids is 2. The Morgan fingerprint density at radius 2 is 1.69 bits per heavy atom. The fourth-order valence-corrected chi connectivity index (χ4v) is 2.80. The molecule has 0 heterocycles. The smallest absolute Gasteiger partial charge is 0.344 e. The SMILES string of the molecule is O=C(NN=Cc1ccc(OC(=O)c2ccccc2Br)cc1)c1ccc(O)cc1O. The van der Waals surface area contributed by atoms with Crippen LogP contribution in [0.4, 0.5) is 0 Å². The van der Waals surface area contributed by atoms with Crippen molar-refractivity contribution in [3.63, 3.8) is 0 Å². The number of phenolic OH excluding ortho intramolecular Hbond substituents is 2. The Kier molecular flexibility index (Phi) is 6.25. The van der Waals surface area contributed by atoms with E-state index in [1.54, 1.807) is 48.5 Å². The number of nitrogens with zero attached hydrogens (tertiary/aromatic N) is 1. The molecule has 3 aromatic carbocycles. The average Bonchev–Trinajstić information content (AvgIpc) is 2.69. The van der Waals surface area contributed by atoms with Gasteiger partial charge in [0.15, 0.2) is 0 Å². The first kappa shape index (κ1) is 20.1. The topological polar surface area (TPSA) is 108 Å². The number of hydrogen-bond donors (Lipinski definition) is 3. The van der Waals surface area contributed by atoms with Gasteiger partial charge in [0, 0.05) is 10.5 Å². The van der Waals surface area contributed by atoms with Crippen molar-refractivity contribution in [2.75, 3.05) is 0 Å². The summed E-state index contributed by atoms with van der Waals surface area (Å²) in [5.41, 5.74) is 3.33. The molecule has 0 aliphatic rings. The number of nitrogens with one attached hydrogen (secondary N) is 1. The first-order chi connectivity index (χ1) is 13.9. The highest BCUT2D eigenvalue weighted by Crippen LogP contribution is 2.22. The standard InChI is InChI=1S/C21H15BrN2O5/c22-18-4-2-1-3-16(18)21(28)29-15-8-5-13(6-9-15)12-23-24-20(27)17-10-7-14(25)11-19(17)26/h1-12,25-26H,(H,24,27). The number of aromatic hydroxyl groups is 2. The largest absolute Gasteiger partial charge is 0.508 e. The zero-order valence-electron chi connectivity index (χ0n) is 14.9. The molecule has 29 heavy (non-hydrogen) atoms. The van der Waals surface area contributed by atoms with Crippen molar-refractivity contribution >= 4 is 34.0 Å². The lowest BCUT2D eigenvalue weighted by atomic mass is 10.2. The molecule has 3 aromatic rings. The van der Waals surface area contributed by atoms with Crippen LogP contribution in [0.15, 0.2) is 76.3 Å². The maximum atomic E-state index is 12.2. The highest BCUT2D eigenvalue weighted by Gasteiger charge is 2.12. The number of phenols is 2. The first-order valence-electron chi connectivity index (χ1n) is 8.36. The molecule has 0 spiro atoms. The minimum Gasteiger partial charge on any atom is -0.508 e. The van der Waals surface area contributed by atoms with Gasteiger partial charge in [-0.25, -0.2) is 10.2 Å². The molecule has 0 aromatic heterocycles. The van der Waals surface area contributed by atoms with Crippen molar-refractivity contribution in [1.82, 2.24) is 5.43 Å². The Balaban J connectivity index is 1.59. The molecular weight excluding hydrogens is 440 g/mol. The zero-order valence-corrected chi connectivity index (χ0v) is 16.5. The van der Waals surface area contributed by atoms with Gasteiger partial charge in [0.25, 0.3) is 5.91 Å². The molecule has 0 aliphatic carbocycles. The van der Waals surface area contributed by atoms with Crippen LogP contribution in [0.1, 0.15) is 26.3 Å². The molecule has 0 saturated heterocycles. The summed E-state index contributed by atoms with van der Waals surface area (Å²) in [6, 6.07) is 17.1.